The Hall–Kier alpha value is -2.08. The lowest BCUT2D eigenvalue weighted by Crippen LogP contribution is -2.30. The van der Waals surface area contributed by atoms with Gasteiger partial charge in [-0.2, -0.15) is 0 Å². The Labute approximate surface area is 149 Å². The van der Waals surface area contributed by atoms with E-state index in [-0.39, 0.29) is 29.2 Å². The number of H-pyrrole nitrogens is 1. The highest BCUT2D eigenvalue weighted by Gasteiger charge is 2.26. The van der Waals surface area contributed by atoms with Crippen LogP contribution in [0.5, 0.6) is 0 Å². The number of nitro groups is 1. The second kappa shape index (κ2) is 6.43. The number of hydrogen-bond acceptors (Lipinski definition) is 3. The number of aromatic nitrogens is 1. The summed E-state index contributed by atoms with van der Waals surface area (Å²) in [7, 11) is 0. The molecule has 0 saturated carbocycles. The number of nitro benzene ring substituents is 1. The minimum Gasteiger partial charge on any atom is -0.357 e. The van der Waals surface area contributed by atoms with Gasteiger partial charge in [0.1, 0.15) is 5.02 Å². The van der Waals surface area contributed by atoms with Gasteiger partial charge in [-0.15, -0.1) is 12.4 Å². The molecule has 3 aromatic rings. The van der Waals surface area contributed by atoms with E-state index in [4.69, 9.17) is 11.6 Å². The van der Waals surface area contributed by atoms with Gasteiger partial charge in [0.15, 0.2) is 0 Å². The molecule has 2 heterocycles. The van der Waals surface area contributed by atoms with Crippen LogP contribution in [-0.2, 0) is 6.42 Å². The molecule has 24 heavy (non-hydrogen) atoms. The van der Waals surface area contributed by atoms with Crippen LogP contribution in [0.15, 0.2) is 42.5 Å². The summed E-state index contributed by atoms with van der Waals surface area (Å²) in [4.78, 5) is 14.2. The molecule has 5 nitrogen and oxygen atoms in total. The summed E-state index contributed by atoms with van der Waals surface area (Å²) in [6, 6.07) is 13.1. The number of benzene rings is 2. The van der Waals surface area contributed by atoms with Crippen molar-refractivity contribution >= 4 is 40.6 Å². The summed E-state index contributed by atoms with van der Waals surface area (Å²) in [6.45, 7) is 0.829. The number of nitrogens with one attached hydrogen (secondary N) is 2. The van der Waals surface area contributed by atoms with Crippen molar-refractivity contribution in [2.45, 2.75) is 12.5 Å². The predicted octanol–water partition coefficient (Wildman–Crippen LogP) is 4.39. The molecule has 1 unspecified atom stereocenters. The van der Waals surface area contributed by atoms with Gasteiger partial charge in [0.2, 0.25) is 0 Å². The van der Waals surface area contributed by atoms with E-state index in [1.54, 1.807) is 12.1 Å². The van der Waals surface area contributed by atoms with Crippen molar-refractivity contribution in [3.63, 3.8) is 0 Å². The van der Waals surface area contributed by atoms with Crippen molar-refractivity contribution in [1.82, 2.24) is 10.3 Å². The molecular formula is C17H15Cl2N3O2. The van der Waals surface area contributed by atoms with Crippen LogP contribution >= 0.6 is 24.0 Å². The van der Waals surface area contributed by atoms with Crippen molar-refractivity contribution in [2.75, 3.05) is 6.54 Å². The van der Waals surface area contributed by atoms with Crippen LogP contribution in [-0.4, -0.2) is 16.5 Å². The van der Waals surface area contributed by atoms with E-state index in [0.29, 0.717) is 0 Å². The van der Waals surface area contributed by atoms with Gasteiger partial charge in [-0.05, 0) is 29.7 Å². The summed E-state index contributed by atoms with van der Waals surface area (Å²) in [5, 5.41) is 16.0. The molecule has 0 radical (unpaired) electrons. The highest BCUT2D eigenvalue weighted by atomic mass is 35.5. The van der Waals surface area contributed by atoms with E-state index in [9.17, 15) is 10.1 Å². The molecule has 4 rings (SSSR count). The van der Waals surface area contributed by atoms with E-state index in [1.807, 2.05) is 18.2 Å². The van der Waals surface area contributed by atoms with Crippen LogP contribution in [0.4, 0.5) is 5.69 Å². The monoisotopic (exact) mass is 363 g/mol. The molecule has 0 spiro atoms. The molecule has 0 amide bonds. The molecule has 7 heteroatoms. The minimum atomic E-state index is -0.444. The lowest BCUT2D eigenvalue weighted by Gasteiger charge is -2.24. The molecule has 1 aliphatic heterocycles. The van der Waals surface area contributed by atoms with Gasteiger partial charge in [0, 0.05) is 29.2 Å². The average Bonchev–Trinajstić information content (AvgIpc) is 2.94. The fraction of sp³-hybridized carbons (Fsp3) is 0.176. The van der Waals surface area contributed by atoms with Crippen LogP contribution in [0.1, 0.15) is 22.9 Å². The smallest absolute Gasteiger partial charge is 0.288 e. The highest BCUT2D eigenvalue weighted by Crippen LogP contribution is 2.35. The summed E-state index contributed by atoms with van der Waals surface area (Å²) in [5.74, 6) is 0. The van der Waals surface area contributed by atoms with Gasteiger partial charge in [-0.25, -0.2) is 0 Å². The number of nitrogens with zero attached hydrogens (tertiary/aromatic N) is 1. The Morgan fingerprint density at radius 3 is 2.79 bits per heavy atom. The zero-order valence-corrected chi connectivity index (χ0v) is 14.2. The molecule has 2 aromatic carbocycles. The number of aromatic amines is 1. The number of hydrogen-bond donors (Lipinski definition) is 2. The molecule has 0 saturated heterocycles. The van der Waals surface area contributed by atoms with E-state index in [0.717, 1.165) is 29.7 Å². The largest absolute Gasteiger partial charge is 0.357 e. The van der Waals surface area contributed by atoms with E-state index in [2.05, 4.69) is 22.4 Å². The fourth-order valence-electron chi connectivity index (χ4n) is 3.31. The van der Waals surface area contributed by atoms with Crippen molar-refractivity contribution < 1.29 is 4.92 Å². The maximum Gasteiger partial charge on any atom is 0.288 e. The topological polar surface area (TPSA) is 71.0 Å². The highest BCUT2D eigenvalue weighted by molar-refractivity contribution is 6.32. The Bertz CT molecular complexity index is 923. The fourth-order valence-corrected chi connectivity index (χ4v) is 3.50. The van der Waals surface area contributed by atoms with E-state index < -0.39 is 4.92 Å². The molecule has 2 N–H and O–H groups in total. The molecular weight excluding hydrogens is 349 g/mol. The normalized spacial score (nSPS) is 16.5. The third-order valence-electron chi connectivity index (χ3n) is 4.36. The van der Waals surface area contributed by atoms with Crippen LogP contribution in [0.2, 0.25) is 5.02 Å². The van der Waals surface area contributed by atoms with E-state index in [1.165, 1.54) is 10.9 Å². The number of para-hydroxylation sites is 1. The standard InChI is InChI=1S/C17H14ClN3O2.ClH/c18-13-6-5-10(9-15(13)21(22)23)16-17-12(7-8-19-16)11-3-1-2-4-14(11)20-17;/h1-6,9,16,19-20H,7-8H2;1H. The van der Waals surface area contributed by atoms with Gasteiger partial charge in [-0.1, -0.05) is 35.9 Å². The molecule has 0 bridgehead atoms. The van der Waals surface area contributed by atoms with Crippen LogP contribution in [0.3, 0.4) is 0 Å². The van der Waals surface area contributed by atoms with Gasteiger partial charge in [-0.3, -0.25) is 10.1 Å². The summed E-state index contributed by atoms with van der Waals surface area (Å²) in [6.07, 6.45) is 0.936. The number of rotatable bonds is 2. The molecule has 124 valence electrons. The van der Waals surface area contributed by atoms with Crippen molar-refractivity contribution in [1.29, 1.82) is 0 Å². The van der Waals surface area contributed by atoms with Crippen LogP contribution in [0, 0.1) is 10.1 Å². The zero-order chi connectivity index (χ0) is 16.0. The summed E-state index contributed by atoms with van der Waals surface area (Å²) >= 11 is 5.92. The Morgan fingerprint density at radius 2 is 2.00 bits per heavy atom. The van der Waals surface area contributed by atoms with Crippen LogP contribution in [0.25, 0.3) is 10.9 Å². The lowest BCUT2D eigenvalue weighted by molar-refractivity contribution is -0.384. The number of fused-ring (bicyclic) bond motifs is 3. The Morgan fingerprint density at radius 1 is 1.21 bits per heavy atom. The van der Waals surface area contributed by atoms with Gasteiger partial charge in [0.05, 0.1) is 11.0 Å². The maximum atomic E-state index is 11.1. The maximum absolute atomic E-state index is 11.1. The van der Waals surface area contributed by atoms with Gasteiger partial charge >= 0.3 is 0 Å². The molecule has 0 aliphatic carbocycles. The third-order valence-corrected chi connectivity index (χ3v) is 4.68. The first kappa shape index (κ1) is 16.8. The number of halogens is 2. The summed E-state index contributed by atoms with van der Waals surface area (Å²) in [5.41, 5.74) is 4.23. The second-order valence-electron chi connectivity index (χ2n) is 5.67. The molecule has 1 aliphatic rings. The predicted molar refractivity (Wildman–Crippen MR) is 97.2 cm³/mol. The molecule has 0 fully saturated rings. The average molecular weight is 364 g/mol. The minimum absolute atomic E-state index is 0. The van der Waals surface area contributed by atoms with Gasteiger partial charge in [0.25, 0.3) is 5.69 Å². The molecule has 1 aromatic heterocycles. The molecule has 1 atom stereocenters. The second-order valence-corrected chi connectivity index (χ2v) is 6.08. The van der Waals surface area contributed by atoms with Crippen LogP contribution < -0.4 is 5.32 Å². The van der Waals surface area contributed by atoms with E-state index >= 15 is 0 Å². The third kappa shape index (κ3) is 2.65. The first-order valence-corrected chi connectivity index (χ1v) is 7.79. The lowest BCUT2D eigenvalue weighted by atomic mass is 9.94. The first-order chi connectivity index (χ1) is 11.1. The van der Waals surface area contributed by atoms with Crippen molar-refractivity contribution in [2.24, 2.45) is 0 Å². The van der Waals surface area contributed by atoms with Crippen molar-refractivity contribution in [3.8, 4) is 0 Å². The Kier molecular flexibility index (Phi) is 4.49. The van der Waals surface area contributed by atoms with Crippen molar-refractivity contribution in [3.05, 3.63) is 74.4 Å². The zero-order valence-electron chi connectivity index (χ0n) is 12.6. The summed E-state index contributed by atoms with van der Waals surface area (Å²) < 4.78 is 0. The Balaban J connectivity index is 0.00000169. The first-order valence-electron chi connectivity index (χ1n) is 7.42. The van der Waals surface area contributed by atoms with Gasteiger partial charge < -0.3 is 10.3 Å². The quantitative estimate of drug-likeness (QED) is 0.523. The SMILES string of the molecule is Cl.O=[N+]([O-])c1cc(C2NCCc3c2[nH]c2ccccc32)ccc1Cl.